The first kappa shape index (κ1) is 24.1. The minimum absolute atomic E-state index is 0.286. The summed E-state index contributed by atoms with van der Waals surface area (Å²) in [6.07, 6.45) is 2.38. The molecule has 0 N–H and O–H groups in total. The molecule has 0 saturated carbocycles. The van der Waals surface area contributed by atoms with Crippen LogP contribution in [0.25, 0.3) is 5.57 Å². The van der Waals surface area contributed by atoms with Gasteiger partial charge in [0, 0.05) is 15.6 Å². The second-order valence-corrected chi connectivity index (χ2v) is 7.15. The summed E-state index contributed by atoms with van der Waals surface area (Å²) >= 11 is 3.41. The first-order valence-electron chi connectivity index (χ1n) is 9.57. The van der Waals surface area contributed by atoms with Crippen molar-refractivity contribution in [3.63, 3.8) is 0 Å². The van der Waals surface area contributed by atoms with Crippen molar-refractivity contribution in [2.75, 3.05) is 20.8 Å². The largest absolute Gasteiger partial charge is 0.503 e. The maximum atomic E-state index is 12.2. The Kier molecular flexibility index (Phi) is 9.77. The smallest absolute Gasteiger partial charge is 0.341 e. The number of benzene rings is 2. The van der Waals surface area contributed by atoms with Crippen LogP contribution in [-0.4, -0.2) is 38.7 Å². The van der Waals surface area contributed by atoms with Crippen molar-refractivity contribution in [1.29, 1.82) is 0 Å². The van der Waals surface area contributed by atoms with Crippen LogP contribution in [0, 0.1) is 0 Å². The Morgan fingerprint density at radius 2 is 1.84 bits per heavy atom. The summed E-state index contributed by atoms with van der Waals surface area (Å²) < 4.78 is 10.9. The molecule has 0 fully saturated rings. The number of nitrogens with zero attached hydrogens (tertiary/aromatic N) is 2. The second-order valence-electron chi connectivity index (χ2n) is 6.23. The molecule has 8 heteroatoms. The van der Waals surface area contributed by atoms with Crippen LogP contribution in [0.4, 0.5) is 0 Å². The standard InChI is InChI=1S/C23H25BrN2O5/c1-5-30-26-22(17-10-12-18(24)13-11-17)14-25-31-16(2)19-8-6-7-9-20(19)21(15-28-3)23(27)29-4/h6-16H,5H2,1-4H3. The van der Waals surface area contributed by atoms with Crippen molar-refractivity contribution >= 4 is 39.4 Å². The van der Waals surface area contributed by atoms with E-state index in [1.54, 1.807) is 6.07 Å². The van der Waals surface area contributed by atoms with Crippen molar-refractivity contribution < 1.29 is 23.9 Å². The normalized spacial score (nSPS) is 13.1. The molecule has 2 aromatic carbocycles. The predicted octanol–water partition coefficient (Wildman–Crippen LogP) is 5.11. The number of hydrogen-bond acceptors (Lipinski definition) is 7. The van der Waals surface area contributed by atoms with Gasteiger partial charge in [-0.2, -0.15) is 0 Å². The van der Waals surface area contributed by atoms with E-state index in [0.29, 0.717) is 17.9 Å². The van der Waals surface area contributed by atoms with Gasteiger partial charge in [0.25, 0.3) is 0 Å². The molecule has 0 amide bonds. The van der Waals surface area contributed by atoms with Crippen LogP contribution in [0.5, 0.6) is 0 Å². The number of methoxy groups -OCH3 is 2. The fourth-order valence-electron chi connectivity index (χ4n) is 2.68. The molecule has 0 bridgehead atoms. The third kappa shape index (κ3) is 6.96. The minimum atomic E-state index is -0.508. The van der Waals surface area contributed by atoms with E-state index >= 15 is 0 Å². The summed E-state index contributed by atoms with van der Waals surface area (Å²) in [5, 5.41) is 8.20. The highest BCUT2D eigenvalue weighted by molar-refractivity contribution is 9.10. The molecule has 164 valence electrons. The zero-order chi connectivity index (χ0) is 22.6. The number of carbonyl (C=O) groups is 1. The number of halogens is 1. The number of oxime groups is 2. The lowest BCUT2D eigenvalue weighted by atomic mass is 9.97. The molecule has 0 aliphatic rings. The fraction of sp³-hybridized carbons (Fsp3) is 0.261. The molecule has 2 rings (SSSR count). The first-order valence-corrected chi connectivity index (χ1v) is 10.4. The lowest BCUT2D eigenvalue weighted by molar-refractivity contribution is -0.133. The zero-order valence-corrected chi connectivity index (χ0v) is 19.5. The fourth-order valence-corrected chi connectivity index (χ4v) is 2.94. The van der Waals surface area contributed by atoms with E-state index in [0.717, 1.165) is 15.6 Å². The van der Waals surface area contributed by atoms with Crippen molar-refractivity contribution in [2.45, 2.75) is 20.0 Å². The molecule has 0 saturated heterocycles. The Bertz CT molecular complexity index is 955. The molecule has 0 radical (unpaired) electrons. The van der Waals surface area contributed by atoms with Crippen LogP contribution in [0.1, 0.15) is 36.6 Å². The molecule has 0 aromatic heterocycles. The topological polar surface area (TPSA) is 78.7 Å². The van der Waals surface area contributed by atoms with Crippen LogP contribution >= 0.6 is 15.9 Å². The highest BCUT2D eigenvalue weighted by Crippen LogP contribution is 2.28. The first-order chi connectivity index (χ1) is 15.0. The molecule has 31 heavy (non-hydrogen) atoms. The van der Waals surface area contributed by atoms with Crippen LogP contribution < -0.4 is 0 Å². The molecular weight excluding hydrogens is 464 g/mol. The van der Waals surface area contributed by atoms with Crippen LogP contribution in [0.15, 0.2) is 69.6 Å². The Labute approximate surface area is 190 Å². The minimum Gasteiger partial charge on any atom is -0.503 e. The molecular formula is C23H25BrN2O5. The Balaban J connectivity index is 2.25. The number of esters is 1. The van der Waals surface area contributed by atoms with Gasteiger partial charge in [0.05, 0.1) is 26.7 Å². The predicted molar refractivity (Wildman–Crippen MR) is 124 cm³/mol. The van der Waals surface area contributed by atoms with E-state index in [4.69, 9.17) is 19.1 Å². The summed E-state index contributed by atoms with van der Waals surface area (Å²) in [7, 11) is 2.79. The lowest BCUT2D eigenvalue weighted by Gasteiger charge is -2.16. The number of ether oxygens (including phenoxy) is 2. The molecule has 7 nitrogen and oxygen atoms in total. The van der Waals surface area contributed by atoms with E-state index in [1.165, 1.54) is 26.7 Å². The van der Waals surface area contributed by atoms with Gasteiger partial charge in [-0.1, -0.05) is 62.6 Å². The third-order valence-corrected chi connectivity index (χ3v) is 4.68. The van der Waals surface area contributed by atoms with Crippen molar-refractivity contribution in [1.82, 2.24) is 0 Å². The highest BCUT2D eigenvalue weighted by atomic mass is 79.9. The maximum Gasteiger partial charge on any atom is 0.341 e. The van der Waals surface area contributed by atoms with Crippen LogP contribution in [0.2, 0.25) is 0 Å². The average molecular weight is 489 g/mol. The zero-order valence-electron chi connectivity index (χ0n) is 17.9. The van der Waals surface area contributed by atoms with Gasteiger partial charge in [-0.15, -0.1) is 0 Å². The molecule has 0 heterocycles. The van der Waals surface area contributed by atoms with Gasteiger partial charge in [0.15, 0.2) is 0 Å². The average Bonchev–Trinajstić information content (AvgIpc) is 2.79. The summed E-state index contributed by atoms with van der Waals surface area (Å²) in [6.45, 7) is 4.11. The second kappa shape index (κ2) is 12.5. The van der Waals surface area contributed by atoms with Crippen molar-refractivity contribution in [3.05, 3.63) is 76.0 Å². The third-order valence-electron chi connectivity index (χ3n) is 4.16. The van der Waals surface area contributed by atoms with Gasteiger partial charge >= 0.3 is 5.97 Å². The Hall–Kier alpha value is -3.13. The van der Waals surface area contributed by atoms with E-state index < -0.39 is 12.1 Å². The van der Waals surface area contributed by atoms with Crippen LogP contribution in [-0.2, 0) is 23.9 Å². The Morgan fingerprint density at radius 3 is 2.48 bits per heavy atom. The van der Waals surface area contributed by atoms with Crippen LogP contribution in [0.3, 0.4) is 0 Å². The van der Waals surface area contributed by atoms with E-state index in [9.17, 15) is 4.79 Å². The molecule has 0 aliphatic heterocycles. The SMILES string of the molecule is CCON=C(C=NOC(C)c1ccccc1C(=COC)C(=O)OC)c1ccc(Br)cc1. The monoisotopic (exact) mass is 488 g/mol. The highest BCUT2D eigenvalue weighted by Gasteiger charge is 2.20. The van der Waals surface area contributed by atoms with Gasteiger partial charge < -0.3 is 19.1 Å². The molecule has 1 atom stereocenters. The van der Waals surface area contributed by atoms with Gasteiger partial charge in [0.2, 0.25) is 0 Å². The summed E-state index contributed by atoms with van der Waals surface area (Å²) in [5.41, 5.74) is 3.02. The van der Waals surface area contributed by atoms with Gasteiger partial charge in [-0.3, -0.25) is 0 Å². The number of carbonyl (C=O) groups excluding carboxylic acids is 1. The Morgan fingerprint density at radius 1 is 1.13 bits per heavy atom. The van der Waals surface area contributed by atoms with Crippen molar-refractivity contribution in [2.24, 2.45) is 10.3 Å². The molecule has 0 aliphatic carbocycles. The maximum absolute atomic E-state index is 12.2. The number of hydrogen-bond donors (Lipinski definition) is 0. The summed E-state index contributed by atoms with van der Waals surface area (Å²) in [5.74, 6) is -0.508. The van der Waals surface area contributed by atoms with Gasteiger partial charge in [-0.05, 0) is 31.5 Å². The number of rotatable bonds is 10. The van der Waals surface area contributed by atoms with E-state index in [2.05, 4.69) is 26.2 Å². The van der Waals surface area contributed by atoms with Gasteiger partial charge in [0.1, 0.15) is 24.0 Å². The quantitative estimate of drug-likeness (QED) is 0.152. The van der Waals surface area contributed by atoms with Crippen molar-refractivity contribution in [3.8, 4) is 0 Å². The van der Waals surface area contributed by atoms with Gasteiger partial charge in [-0.25, -0.2) is 4.79 Å². The molecule has 2 aromatic rings. The summed E-state index contributed by atoms with van der Waals surface area (Å²) in [6, 6.07) is 14.9. The van der Waals surface area contributed by atoms with E-state index in [1.807, 2.05) is 56.3 Å². The van der Waals surface area contributed by atoms with E-state index in [-0.39, 0.29) is 5.57 Å². The molecule has 1 unspecified atom stereocenters. The lowest BCUT2D eigenvalue weighted by Crippen LogP contribution is -2.09. The molecule has 0 spiro atoms. The summed E-state index contributed by atoms with van der Waals surface area (Å²) in [4.78, 5) is 23.1.